The van der Waals surface area contributed by atoms with Crippen molar-refractivity contribution in [3.8, 4) is 0 Å². The lowest BCUT2D eigenvalue weighted by atomic mass is 10.1. The molecule has 0 spiro atoms. The van der Waals surface area contributed by atoms with Crippen molar-refractivity contribution in [3.05, 3.63) is 35.9 Å². The molecule has 3 rings (SSSR count). The lowest BCUT2D eigenvalue weighted by Gasteiger charge is -2.37. The molecule has 0 aliphatic carbocycles. The maximum Gasteiger partial charge on any atom is 0.410 e. The van der Waals surface area contributed by atoms with Gasteiger partial charge in [-0.3, -0.25) is 4.90 Å². The molecule has 150 valence electrons. The van der Waals surface area contributed by atoms with Crippen LogP contribution < -0.4 is 0 Å². The summed E-state index contributed by atoms with van der Waals surface area (Å²) in [6, 6.07) is 10.5. The van der Waals surface area contributed by atoms with Crippen LogP contribution in [-0.4, -0.2) is 73.0 Å². The molecule has 0 bridgehead atoms. The van der Waals surface area contributed by atoms with Crippen LogP contribution in [0, 0.1) is 0 Å². The van der Waals surface area contributed by atoms with Gasteiger partial charge in [-0.25, -0.2) is 4.79 Å². The summed E-state index contributed by atoms with van der Waals surface area (Å²) >= 11 is 0. The van der Waals surface area contributed by atoms with Crippen LogP contribution in [0.25, 0.3) is 0 Å². The van der Waals surface area contributed by atoms with Crippen molar-refractivity contribution < 1.29 is 19.0 Å². The fourth-order valence-electron chi connectivity index (χ4n) is 3.65. The molecule has 2 fully saturated rings. The number of benzene rings is 1. The van der Waals surface area contributed by atoms with Gasteiger partial charge in [-0.1, -0.05) is 30.3 Å². The largest absolute Gasteiger partial charge is 0.444 e. The van der Waals surface area contributed by atoms with Gasteiger partial charge in [0, 0.05) is 32.2 Å². The molecule has 0 aromatic heterocycles. The minimum absolute atomic E-state index is 0.208. The molecule has 0 saturated carbocycles. The van der Waals surface area contributed by atoms with Crippen molar-refractivity contribution in [3.63, 3.8) is 0 Å². The van der Waals surface area contributed by atoms with Crippen molar-refractivity contribution in [2.45, 2.75) is 51.5 Å². The molecule has 2 saturated heterocycles. The van der Waals surface area contributed by atoms with Crippen molar-refractivity contribution in [1.82, 2.24) is 9.80 Å². The third-order valence-corrected chi connectivity index (χ3v) is 4.92. The summed E-state index contributed by atoms with van der Waals surface area (Å²) in [5, 5.41) is 0. The van der Waals surface area contributed by atoms with Crippen LogP contribution in [0.5, 0.6) is 0 Å². The van der Waals surface area contributed by atoms with E-state index in [4.69, 9.17) is 14.2 Å². The van der Waals surface area contributed by atoms with Gasteiger partial charge in [-0.15, -0.1) is 0 Å². The van der Waals surface area contributed by atoms with Crippen LogP contribution in [0.3, 0.4) is 0 Å². The average molecular weight is 376 g/mol. The van der Waals surface area contributed by atoms with Crippen LogP contribution in [0.4, 0.5) is 4.79 Å². The van der Waals surface area contributed by atoms with Crippen molar-refractivity contribution >= 4 is 6.09 Å². The number of rotatable bonds is 6. The standard InChI is InChI=1S/C21H32N2O4/c1-21(2,3)27-20(24)23-10-9-22-15-19(13-18(22)14-23)26-12-11-25-16-17-7-5-4-6-8-17/h4-8,18-19H,9-16H2,1-3H3/t18-,19+/m0/s1. The molecule has 6 nitrogen and oxygen atoms in total. The highest BCUT2D eigenvalue weighted by Gasteiger charge is 2.38. The number of carbonyl (C=O) groups is 1. The van der Waals surface area contributed by atoms with E-state index in [1.807, 2.05) is 43.9 Å². The van der Waals surface area contributed by atoms with Gasteiger partial charge in [0.1, 0.15) is 5.60 Å². The second-order valence-corrected chi connectivity index (χ2v) is 8.34. The number of carbonyl (C=O) groups excluding carboxylic acids is 1. The normalized spacial score (nSPS) is 23.3. The molecule has 2 heterocycles. The summed E-state index contributed by atoms with van der Waals surface area (Å²) in [6.07, 6.45) is 0.965. The molecular formula is C21H32N2O4. The molecule has 0 unspecified atom stereocenters. The number of hydrogen-bond acceptors (Lipinski definition) is 5. The van der Waals surface area contributed by atoms with Crippen molar-refractivity contribution in [2.24, 2.45) is 0 Å². The van der Waals surface area contributed by atoms with E-state index in [1.165, 1.54) is 5.56 Å². The highest BCUT2D eigenvalue weighted by Crippen LogP contribution is 2.25. The monoisotopic (exact) mass is 376 g/mol. The number of fused-ring (bicyclic) bond motifs is 1. The predicted molar refractivity (Wildman–Crippen MR) is 104 cm³/mol. The first kappa shape index (κ1) is 20.1. The molecule has 1 amide bonds. The minimum atomic E-state index is -0.449. The van der Waals surface area contributed by atoms with Crippen LogP contribution in [-0.2, 0) is 20.8 Å². The number of ether oxygens (including phenoxy) is 3. The van der Waals surface area contributed by atoms with Gasteiger partial charge in [-0.05, 0) is 32.8 Å². The van der Waals surface area contributed by atoms with E-state index in [-0.39, 0.29) is 12.2 Å². The topological polar surface area (TPSA) is 51.2 Å². The molecule has 6 heteroatoms. The second-order valence-electron chi connectivity index (χ2n) is 8.34. The fraction of sp³-hybridized carbons (Fsp3) is 0.667. The van der Waals surface area contributed by atoms with Gasteiger partial charge in [0.2, 0.25) is 0 Å². The minimum Gasteiger partial charge on any atom is -0.444 e. The van der Waals surface area contributed by atoms with E-state index in [1.54, 1.807) is 0 Å². The Morgan fingerprint density at radius 1 is 1.11 bits per heavy atom. The zero-order chi connectivity index (χ0) is 19.3. The molecule has 2 aliphatic heterocycles. The molecule has 2 aliphatic rings. The summed E-state index contributed by atoms with van der Waals surface area (Å²) in [7, 11) is 0. The number of piperazine rings is 1. The second kappa shape index (κ2) is 9.04. The van der Waals surface area contributed by atoms with E-state index in [9.17, 15) is 4.79 Å². The highest BCUT2D eigenvalue weighted by atomic mass is 16.6. The van der Waals surface area contributed by atoms with Gasteiger partial charge in [0.05, 0.1) is 25.9 Å². The Balaban J connectivity index is 1.34. The summed E-state index contributed by atoms with van der Waals surface area (Å²) < 4.78 is 17.2. The molecule has 27 heavy (non-hydrogen) atoms. The smallest absolute Gasteiger partial charge is 0.410 e. The Kier molecular flexibility index (Phi) is 6.73. The van der Waals surface area contributed by atoms with Crippen LogP contribution in [0.1, 0.15) is 32.8 Å². The molecule has 0 N–H and O–H groups in total. The van der Waals surface area contributed by atoms with Gasteiger partial charge < -0.3 is 19.1 Å². The van der Waals surface area contributed by atoms with E-state index in [0.29, 0.717) is 25.9 Å². The van der Waals surface area contributed by atoms with E-state index < -0.39 is 5.60 Å². The van der Waals surface area contributed by atoms with E-state index >= 15 is 0 Å². The van der Waals surface area contributed by atoms with Gasteiger partial charge in [0.25, 0.3) is 0 Å². The lowest BCUT2D eigenvalue weighted by Crippen LogP contribution is -2.53. The number of nitrogens with zero attached hydrogens (tertiary/aromatic N) is 2. The van der Waals surface area contributed by atoms with E-state index in [2.05, 4.69) is 17.0 Å². The SMILES string of the molecule is CC(C)(C)OC(=O)N1CCN2C[C@H](OCCOCc3ccccc3)C[C@H]2C1. The molecule has 2 atom stereocenters. The van der Waals surface area contributed by atoms with Crippen molar-refractivity contribution in [2.75, 3.05) is 39.4 Å². The summed E-state index contributed by atoms with van der Waals surface area (Å²) in [5.74, 6) is 0. The first-order valence-electron chi connectivity index (χ1n) is 9.86. The maximum atomic E-state index is 12.3. The van der Waals surface area contributed by atoms with Gasteiger partial charge in [-0.2, -0.15) is 0 Å². The summed E-state index contributed by atoms with van der Waals surface area (Å²) in [4.78, 5) is 16.5. The highest BCUT2D eigenvalue weighted by molar-refractivity contribution is 5.68. The molecule has 0 radical (unpaired) electrons. The first-order chi connectivity index (χ1) is 12.9. The maximum absolute atomic E-state index is 12.3. The summed E-state index contributed by atoms with van der Waals surface area (Å²) in [5.41, 5.74) is 0.729. The Bertz CT molecular complexity index is 602. The van der Waals surface area contributed by atoms with Crippen LogP contribution >= 0.6 is 0 Å². The fourth-order valence-corrected chi connectivity index (χ4v) is 3.65. The quantitative estimate of drug-likeness (QED) is 0.715. The van der Waals surface area contributed by atoms with E-state index in [0.717, 1.165) is 32.6 Å². The Morgan fingerprint density at radius 3 is 2.63 bits per heavy atom. The lowest BCUT2D eigenvalue weighted by molar-refractivity contribution is 0.00349. The third kappa shape index (κ3) is 6.19. The number of hydrogen-bond donors (Lipinski definition) is 0. The first-order valence-corrected chi connectivity index (χ1v) is 9.86. The third-order valence-electron chi connectivity index (χ3n) is 4.92. The zero-order valence-corrected chi connectivity index (χ0v) is 16.7. The predicted octanol–water partition coefficient (Wildman–Crippen LogP) is 2.91. The Hall–Kier alpha value is -1.63. The van der Waals surface area contributed by atoms with Gasteiger partial charge in [0.15, 0.2) is 0 Å². The van der Waals surface area contributed by atoms with Crippen LogP contribution in [0.15, 0.2) is 30.3 Å². The Labute approximate surface area is 162 Å². The number of amides is 1. The molecular weight excluding hydrogens is 344 g/mol. The average Bonchev–Trinajstić information content (AvgIpc) is 3.02. The molecule has 1 aromatic carbocycles. The summed E-state index contributed by atoms with van der Waals surface area (Å²) in [6.45, 7) is 10.8. The molecule has 1 aromatic rings. The zero-order valence-electron chi connectivity index (χ0n) is 16.7. The Morgan fingerprint density at radius 2 is 1.89 bits per heavy atom. The van der Waals surface area contributed by atoms with Crippen molar-refractivity contribution in [1.29, 1.82) is 0 Å². The van der Waals surface area contributed by atoms with Crippen LogP contribution in [0.2, 0.25) is 0 Å². The van der Waals surface area contributed by atoms with Gasteiger partial charge >= 0.3 is 6.09 Å².